The molecule has 0 bridgehead atoms. The lowest BCUT2D eigenvalue weighted by molar-refractivity contribution is 0.00303. The van der Waals surface area contributed by atoms with Crippen molar-refractivity contribution >= 4 is 27.5 Å². The Kier molecular flexibility index (Phi) is 6.20. The van der Waals surface area contributed by atoms with Gasteiger partial charge in [0.1, 0.15) is 17.3 Å². The quantitative estimate of drug-likeness (QED) is 0.487. The number of fused-ring (bicyclic) bond motifs is 3. The van der Waals surface area contributed by atoms with E-state index >= 15 is 8.78 Å². The van der Waals surface area contributed by atoms with Crippen LogP contribution in [-0.2, 0) is 6.42 Å². The number of hydrogen-bond donors (Lipinski definition) is 2. The molecule has 7 heteroatoms. The van der Waals surface area contributed by atoms with E-state index in [-0.39, 0.29) is 23.7 Å². The molecule has 4 rings (SSSR count). The van der Waals surface area contributed by atoms with E-state index in [9.17, 15) is 4.39 Å². The van der Waals surface area contributed by atoms with Crippen molar-refractivity contribution in [1.29, 1.82) is 0 Å². The van der Waals surface area contributed by atoms with Crippen molar-refractivity contribution in [2.45, 2.75) is 51.2 Å². The van der Waals surface area contributed by atoms with Crippen LogP contribution in [0.5, 0.6) is 0 Å². The Morgan fingerprint density at radius 3 is 2.44 bits per heavy atom. The summed E-state index contributed by atoms with van der Waals surface area (Å²) in [6.07, 6.45) is 1.23. The van der Waals surface area contributed by atoms with Crippen LogP contribution < -0.4 is 0 Å². The highest BCUT2D eigenvalue weighted by molar-refractivity contribution is 7.19. The zero-order valence-corrected chi connectivity index (χ0v) is 19.0. The highest BCUT2D eigenvalue weighted by atomic mass is 32.1. The molecule has 1 aliphatic rings. The van der Waals surface area contributed by atoms with Crippen LogP contribution in [-0.4, -0.2) is 39.7 Å². The fourth-order valence-corrected chi connectivity index (χ4v) is 5.88. The van der Waals surface area contributed by atoms with Crippen LogP contribution in [0.1, 0.15) is 48.4 Å². The molecule has 2 heterocycles. The summed E-state index contributed by atoms with van der Waals surface area (Å²) in [7, 11) is 0. The predicted molar refractivity (Wildman–Crippen MR) is 122 cm³/mol. The van der Waals surface area contributed by atoms with Gasteiger partial charge in [0.15, 0.2) is 6.29 Å². The van der Waals surface area contributed by atoms with E-state index in [1.54, 1.807) is 11.3 Å². The van der Waals surface area contributed by atoms with Crippen LogP contribution in [0.2, 0.25) is 0 Å². The number of nitrogens with zero attached hydrogens (tertiary/aromatic N) is 1. The Labute approximate surface area is 189 Å². The maximum atomic E-state index is 15.4. The molecule has 2 aromatic carbocycles. The molecule has 3 nitrogen and oxygen atoms in total. The molecule has 0 saturated heterocycles. The first-order valence-corrected chi connectivity index (χ1v) is 11.3. The van der Waals surface area contributed by atoms with Crippen LogP contribution >= 0.6 is 11.3 Å². The minimum Gasteiger partial charge on any atom is -0.365 e. The van der Waals surface area contributed by atoms with Crippen molar-refractivity contribution in [2.75, 3.05) is 6.54 Å². The summed E-state index contributed by atoms with van der Waals surface area (Å²) >= 11 is 1.62. The number of benzene rings is 2. The van der Waals surface area contributed by atoms with E-state index < -0.39 is 29.6 Å². The summed E-state index contributed by atoms with van der Waals surface area (Å²) in [6, 6.07) is 9.22. The monoisotopic (exact) mass is 461 g/mol. The van der Waals surface area contributed by atoms with Crippen LogP contribution in [0, 0.1) is 11.6 Å². The molecular weight excluding hydrogens is 435 g/mol. The average Bonchev–Trinajstić information content (AvgIpc) is 3.04. The molecule has 2 N–H and O–H groups in total. The number of rotatable bonds is 5. The first-order chi connectivity index (χ1) is 15.0. The maximum Gasteiger partial charge on any atom is 0.171 e. The smallest absolute Gasteiger partial charge is 0.171 e. The molecule has 32 heavy (non-hydrogen) atoms. The average molecular weight is 462 g/mol. The summed E-state index contributed by atoms with van der Waals surface area (Å²) in [5.41, 5.74) is -0.663. The van der Waals surface area contributed by atoms with Crippen LogP contribution in [0.15, 0.2) is 42.5 Å². The third kappa shape index (κ3) is 4.48. The number of alkyl halides is 1. The molecule has 2 unspecified atom stereocenters. The third-order valence-electron chi connectivity index (χ3n) is 5.76. The van der Waals surface area contributed by atoms with Gasteiger partial charge in [0, 0.05) is 27.7 Å². The van der Waals surface area contributed by atoms with Crippen molar-refractivity contribution in [3.8, 4) is 0 Å². The van der Waals surface area contributed by atoms with Crippen molar-refractivity contribution in [3.63, 3.8) is 0 Å². The second-order valence-corrected chi connectivity index (χ2v) is 10.1. The van der Waals surface area contributed by atoms with Crippen molar-refractivity contribution in [2.24, 2.45) is 0 Å². The minimum absolute atomic E-state index is 0.0275. The molecule has 2 atom stereocenters. The second-order valence-electron chi connectivity index (χ2n) is 8.95. The highest BCUT2D eigenvalue weighted by Crippen LogP contribution is 2.47. The molecule has 0 amide bonds. The van der Waals surface area contributed by atoms with Gasteiger partial charge in [-0.25, -0.2) is 13.2 Å². The summed E-state index contributed by atoms with van der Waals surface area (Å²) in [4.78, 5) is 2.92. The lowest BCUT2D eigenvalue weighted by Gasteiger charge is -2.43. The van der Waals surface area contributed by atoms with E-state index in [0.29, 0.717) is 6.42 Å². The molecule has 170 valence electrons. The summed E-state index contributed by atoms with van der Waals surface area (Å²) < 4.78 is 46.7. The SMILES string of the molecule is CC1Cc2sc3ccccc3c2C(c2c(F)cc(/C=C/C(O)O)cc2F)N1CC(C)(C)F. The minimum atomic E-state index is -1.72. The Hall–Kier alpha value is -2.19. The Balaban J connectivity index is 1.93. The summed E-state index contributed by atoms with van der Waals surface area (Å²) in [5, 5.41) is 18.9. The first kappa shape index (κ1) is 23.0. The maximum absolute atomic E-state index is 15.4. The van der Waals surface area contributed by atoms with Gasteiger partial charge in [-0.2, -0.15) is 0 Å². The van der Waals surface area contributed by atoms with Crippen LogP contribution in [0.3, 0.4) is 0 Å². The zero-order valence-electron chi connectivity index (χ0n) is 18.1. The molecular formula is C25H26F3NO2S. The Bertz CT molecular complexity index is 1140. The number of thiophene rings is 1. The topological polar surface area (TPSA) is 43.7 Å². The van der Waals surface area contributed by atoms with Gasteiger partial charge in [0.05, 0.1) is 6.04 Å². The molecule has 0 fully saturated rings. The fourth-order valence-electron chi connectivity index (χ4n) is 4.52. The number of aliphatic hydroxyl groups is 2. The van der Waals surface area contributed by atoms with Gasteiger partial charge >= 0.3 is 0 Å². The lowest BCUT2D eigenvalue weighted by Crippen LogP contribution is -2.47. The van der Waals surface area contributed by atoms with Gasteiger partial charge in [-0.3, -0.25) is 4.90 Å². The third-order valence-corrected chi connectivity index (χ3v) is 6.97. The van der Waals surface area contributed by atoms with E-state index in [1.165, 1.54) is 32.1 Å². The standard InChI is InChI=1S/C25H26F3NO2S/c1-14-10-20-22(16-6-4-5-7-19(16)32-20)24(29(14)13-25(2,3)28)23-17(26)11-15(12-18(23)27)8-9-21(30)31/h4-9,11-12,14,21,24,30-31H,10,13H2,1-3H3/b9-8+. The Morgan fingerprint density at radius 2 is 1.81 bits per heavy atom. The normalized spacial score (nSPS) is 19.9. The summed E-state index contributed by atoms with van der Waals surface area (Å²) in [5.74, 6) is -1.50. The predicted octanol–water partition coefficient (Wildman–Crippen LogP) is 5.59. The van der Waals surface area contributed by atoms with Crippen LogP contribution in [0.4, 0.5) is 13.2 Å². The van der Waals surface area contributed by atoms with Gasteiger partial charge in [0.25, 0.3) is 0 Å². The van der Waals surface area contributed by atoms with Crippen molar-refractivity contribution < 1.29 is 23.4 Å². The second kappa shape index (κ2) is 8.63. The lowest BCUT2D eigenvalue weighted by atomic mass is 9.86. The van der Waals surface area contributed by atoms with E-state index in [2.05, 4.69) is 0 Å². The van der Waals surface area contributed by atoms with Crippen molar-refractivity contribution in [3.05, 3.63) is 75.7 Å². The van der Waals surface area contributed by atoms with Gasteiger partial charge in [0.2, 0.25) is 0 Å². The number of hydrogen-bond acceptors (Lipinski definition) is 4. The molecule has 0 radical (unpaired) electrons. The molecule has 0 aliphatic carbocycles. The largest absolute Gasteiger partial charge is 0.365 e. The fraction of sp³-hybridized carbons (Fsp3) is 0.360. The molecule has 1 aliphatic heterocycles. The van der Waals surface area contributed by atoms with E-state index in [1.807, 2.05) is 36.1 Å². The molecule has 0 spiro atoms. The van der Waals surface area contributed by atoms with Gasteiger partial charge in [-0.15, -0.1) is 11.3 Å². The molecule has 3 aromatic rings. The Morgan fingerprint density at radius 1 is 1.16 bits per heavy atom. The van der Waals surface area contributed by atoms with Crippen molar-refractivity contribution in [1.82, 2.24) is 4.90 Å². The van der Waals surface area contributed by atoms with Crippen LogP contribution in [0.25, 0.3) is 16.2 Å². The zero-order chi connectivity index (χ0) is 23.2. The number of halogens is 3. The van der Waals surface area contributed by atoms with E-state index in [4.69, 9.17) is 10.2 Å². The van der Waals surface area contributed by atoms with Gasteiger partial charge in [-0.1, -0.05) is 24.3 Å². The van der Waals surface area contributed by atoms with Gasteiger partial charge < -0.3 is 10.2 Å². The molecule has 0 saturated carbocycles. The van der Waals surface area contributed by atoms with Gasteiger partial charge in [-0.05, 0) is 68.0 Å². The highest BCUT2D eigenvalue weighted by Gasteiger charge is 2.41. The first-order valence-electron chi connectivity index (χ1n) is 10.5. The summed E-state index contributed by atoms with van der Waals surface area (Å²) in [6.45, 7) is 4.93. The number of aliphatic hydroxyl groups excluding tert-OH is 1. The van der Waals surface area contributed by atoms with E-state index in [0.717, 1.165) is 26.6 Å². The molecule has 1 aromatic heterocycles.